The van der Waals surface area contributed by atoms with Crippen molar-refractivity contribution in [3.05, 3.63) is 71.5 Å². The molecule has 2 nitrogen and oxygen atoms in total. The predicted octanol–water partition coefficient (Wildman–Crippen LogP) is 2.79. The summed E-state index contributed by atoms with van der Waals surface area (Å²) in [7, 11) is 0. The second-order valence-electron chi connectivity index (χ2n) is 3.57. The normalized spacial score (nSPS) is 14.2. The minimum Gasteiger partial charge on any atom is -0.772 e. The first-order chi connectivity index (χ1) is 8.20. The van der Waals surface area contributed by atoms with Gasteiger partial charge in [-0.15, -0.1) is 0 Å². The molecule has 0 amide bonds. The van der Waals surface area contributed by atoms with Gasteiger partial charge in [0.2, 0.25) is 0 Å². The molecule has 2 aromatic rings. The van der Waals surface area contributed by atoms with E-state index in [9.17, 15) is 13.2 Å². The molecule has 2 aromatic carbocycles. The maximum absolute atomic E-state index is 13.6. The maximum Gasteiger partial charge on any atom is 0.127 e. The monoisotopic (exact) mass is 249 g/mol. The van der Waals surface area contributed by atoms with Crippen molar-refractivity contribution in [2.75, 3.05) is 0 Å². The van der Waals surface area contributed by atoms with Crippen LogP contribution in [-0.2, 0) is 11.1 Å². The lowest BCUT2D eigenvalue weighted by Gasteiger charge is -2.21. The van der Waals surface area contributed by atoms with E-state index >= 15 is 0 Å². The van der Waals surface area contributed by atoms with Gasteiger partial charge in [-0.2, -0.15) is 0 Å². The summed E-state index contributed by atoms with van der Waals surface area (Å²) in [6, 6.07) is 14.5. The Hall–Kier alpha value is -1.52. The molecule has 0 saturated carbocycles. The quantitative estimate of drug-likeness (QED) is 0.785. The van der Waals surface area contributed by atoms with Crippen LogP contribution in [0.3, 0.4) is 0 Å². The molecule has 0 fully saturated rings. The topological polar surface area (TPSA) is 40.1 Å². The molecule has 88 valence electrons. The highest BCUT2D eigenvalue weighted by Gasteiger charge is 2.17. The fourth-order valence-corrected chi connectivity index (χ4v) is 2.49. The molecule has 0 radical (unpaired) electrons. The third-order valence-electron chi connectivity index (χ3n) is 2.48. The minimum absolute atomic E-state index is 0.173. The van der Waals surface area contributed by atoms with Gasteiger partial charge in [-0.05, 0) is 22.7 Å². The van der Waals surface area contributed by atoms with Crippen molar-refractivity contribution >= 4 is 11.1 Å². The maximum atomic E-state index is 13.6. The molecule has 2 rings (SSSR count). The largest absolute Gasteiger partial charge is 0.772 e. The number of hydrogen-bond acceptors (Lipinski definition) is 2. The van der Waals surface area contributed by atoms with Crippen molar-refractivity contribution in [3.8, 4) is 0 Å². The van der Waals surface area contributed by atoms with Crippen LogP contribution in [0.25, 0.3) is 0 Å². The van der Waals surface area contributed by atoms with E-state index in [2.05, 4.69) is 0 Å². The van der Waals surface area contributed by atoms with Crippen LogP contribution in [0.15, 0.2) is 54.6 Å². The molecule has 0 aliphatic heterocycles. The van der Waals surface area contributed by atoms with Gasteiger partial charge in [-0.25, -0.2) is 4.39 Å². The third-order valence-corrected chi connectivity index (χ3v) is 3.39. The highest BCUT2D eigenvalue weighted by molar-refractivity contribution is 7.79. The fraction of sp³-hybridized carbons (Fsp3) is 0.0769. The van der Waals surface area contributed by atoms with Crippen LogP contribution in [0.5, 0.6) is 0 Å². The summed E-state index contributed by atoms with van der Waals surface area (Å²) in [6.07, 6.45) is 0. The first-order valence-electron chi connectivity index (χ1n) is 5.07. The molecule has 0 N–H and O–H groups in total. The van der Waals surface area contributed by atoms with Gasteiger partial charge in [-0.1, -0.05) is 48.5 Å². The van der Waals surface area contributed by atoms with Crippen LogP contribution < -0.4 is 0 Å². The van der Waals surface area contributed by atoms with Crippen LogP contribution in [0, 0.1) is 5.82 Å². The highest BCUT2D eigenvalue weighted by atomic mass is 32.2. The van der Waals surface area contributed by atoms with Crippen LogP contribution in [0.4, 0.5) is 4.39 Å². The zero-order valence-electron chi connectivity index (χ0n) is 8.88. The number of hydrogen-bond donors (Lipinski definition) is 0. The lowest BCUT2D eigenvalue weighted by Crippen LogP contribution is -2.09. The van der Waals surface area contributed by atoms with Gasteiger partial charge in [0.15, 0.2) is 0 Å². The Labute approximate surface area is 101 Å². The molecule has 0 aromatic heterocycles. The summed E-state index contributed by atoms with van der Waals surface area (Å²) in [6.45, 7) is 0. The average Bonchev–Trinajstić information content (AvgIpc) is 2.33. The molecule has 0 heterocycles. The smallest absolute Gasteiger partial charge is 0.127 e. The second-order valence-corrected chi connectivity index (χ2v) is 4.57. The van der Waals surface area contributed by atoms with Crippen molar-refractivity contribution in [1.29, 1.82) is 0 Å². The summed E-state index contributed by atoms with van der Waals surface area (Å²) < 4.78 is 36.2. The predicted molar refractivity (Wildman–Crippen MR) is 63.6 cm³/mol. The number of benzene rings is 2. The van der Waals surface area contributed by atoms with Gasteiger partial charge < -0.3 is 4.55 Å². The van der Waals surface area contributed by atoms with Crippen LogP contribution >= 0.6 is 0 Å². The van der Waals surface area contributed by atoms with Crippen molar-refractivity contribution < 1.29 is 13.2 Å². The van der Waals surface area contributed by atoms with E-state index in [0.717, 1.165) is 0 Å². The molecule has 0 spiro atoms. The molecular formula is C13H10FO2S-. The number of halogens is 1. The van der Waals surface area contributed by atoms with Crippen LogP contribution in [0.1, 0.15) is 16.4 Å². The van der Waals surface area contributed by atoms with E-state index in [-0.39, 0.29) is 5.56 Å². The standard InChI is InChI=1S/C13H11FO2S/c14-12-9-5-4-8-11(12)13(17(15)16)10-6-2-1-3-7-10/h1-9,13H,(H,15,16)/p-1. The first kappa shape index (κ1) is 12.0. The van der Waals surface area contributed by atoms with Gasteiger partial charge >= 0.3 is 0 Å². The van der Waals surface area contributed by atoms with Crippen LogP contribution in [0.2, 0.25) is 0 Å². The molecular weight excluding hydrogens is 239 g/mol. The molecule has 2 atom stereocenters. The van der Waals surface area contributed by atoms with Gasteiger partial charge in [0.1, 0.15) is 5.82 Å². The molecule has 0 aliphatic rings. The molecule has 0 saturated heterocycles. The van der Waals surface area contributed by atoms with Crippen molar-refractivity contribution in [1.82, 2.24) is 0 Å². The van der Waals surface area contributed by atoms with Crippen molar-refractivity contribution in [2.24, 2.45) is 0 Å². The van der Waals surface area contributed by atoms with E-state index < -0.39 is 22.1 Å². The summed E-state index contributed by atoms with van der Waals surface area (Å²) >= 11 is -2.41. The third kappa shape index (κ3) is 2.60. The van der Waals surface area contributed by atoms with Gasteiger partial charge in [-0.3, -0.25) is 4.21 Å². The van der Waals surface area contributed by atoms with E-state index in [1.807, 2.05) is 0 Å². The van der Waals surface area contributed by atoms with Gasteiger partial charge in [0.05, 0.1) is 5.25 Å². The lowest BCUT2D eigenvalue weighted by atomic mass is 10.0. The Kier molecular flexibility index (Phi) is 3.66. The summed E-state index contributed by atoms with van der Waals surface area (Å²) in [5.74, 6) is -0.509. The molecule has 17 heavy (non-hydrogen) atoms. The van der Waals surface area contributed by atoms with E-state index in [1.165, 1.54) is 18.2 Å². The average molecular weight is 249 g/mol. The van der Waals surface area contributed by atoms with Gasteiger partial charge in [0.25, 0.3) is 0 Å². The Bertz CT molecular complexity index is 528. The second kappa shape index (κ2) is 5.21. The summed E-state index contributed by atoms with van der Waals surface area (Å²) in [5.41, 5.74) is 0.734. The van der Waals surface area contributed by atoms with E-state index in [1.54, 1.807) is 36.4 Å². The molecule has 0 bridgehead atoms. The van der Waals surface area contributed by atoms with Crippen molar-refractivity contribution in [3.63, 3.8) is 0 Å². The number of rotatable bonds is 3. The first-order valence-corrected chi connectivity index (χ1v) is 6.21. The zero-order valence-corrected chi connectivity index (χ0v) is 9.69. The van der Waals surface area contributed by atoms with Crippen molar-refractivity contribution in [2.45, 2.75) is 5.25 Å². The Morgan fingerprint density at radius 3 is 2.18 bits per heavy atom. The minimum atomic E-state index is -2.41. The Balaban J connectivity index is 2.51. The fourth-order valence-electron chi connectivity index (χ4n) is 1.71. The molecule has 0 aliphatic carbocycles. The summed E-state index contributed by atoms with van der Waals surface area (Å²) in [4.78, 5) is 0. The Morgan fingerprint density at radius 1 is 1.00 bits per heavy atom. The Morgan fingerprint density at radius 2 is 1.59 bits per heavy atom. The molecule has 2 unspecified atom stereocenters. The van der Waals surface area contributed by atoms with Crippen LogP contribution in [-0.4, -0.2) is 8.76 Å². The lowest BCUT2D eigenvalue weighted by molar-refractivity contribution is 0.525. The SMILES string of the molecule is O=S([O-])C(c1ccccc1)c1ccccc1F. The molecule has 4 heteroatoms. The van der Waals surface area contributed by atoms with Gasteiger partial charge in [0, 0.05) is 5.56 Å². The van der Waals surface area contributed by atoms with E-state index in [4.69, 9.17) is 0 Å². The summed E-state index contributed by atoms with van der Waals surface area (Å²) in [5, 5.41) is -0.961. The van der Waals surface area contributed by atoms with E-state index in [0.29, 0.717) is 5.56 Å². The zero-order chi connectivity index (χ0) is 12.3. The highest BCUT2D eigenvalue weighted by Crippen LogP contribution is 2.28.